The van der Waals surface area contributed by atoms with Crippen molar-refractivity contribution in [3.63, 3.8) is 0 Å². The van der Waals surface area contributed by atoms with Gasteiger partial charge in [0, 0.05) is 13.5 Å². The Morgan fingerprint density at radius 2 is 1.48 bits per heavy atom. The molecule has 0 radical (unpaired) electrons. The summed E-state index contributed by atoms with van der Waals surface area (Å²) < 4.78 is 5.58. The van der Waals surface area contributed by atoms with Crippen LogP contribution >= 0.6 is 0 Å². The normalized spacial score (nSPS) is 14.6. The molecule has 2 rings (SSSR count). The minimum absolute atomic E-state index is 0. The molecule has 126 valence electrons. The maximum Gasteiger partial charge on any atom is 0.130 e. The molecular weight excluding hydrogens is 310 g/mol. The SMILES string of the molecule is COC(CC[NH2+]C(C)C(O)c1ccccc1)c1ccccc1.[Cl-]. The summed E-state index contributed by atoms with van der Waals surface area (Å²) in [5.74, 6) is 0. The van der Waals surface area contributed by atoms with E-state index in [2.05, 4.69) is 24.4 Å². The zero-order chi connectivity index (χ0) is 15.8. The number of nitrogens with two attached hydrogens (primary N) is 1. The van der Waals surface area contributed by atoms with Gasteiger partial charge in [0.05, 0.1) is 12.6 Å². The molecule has 0 aliphatic rings. The quantitative estimate of drug-likeness (QED) is 0.680. The van der Waals surface area contributed by atoms with Gasteiger partial charge in [0.15, 0.2) is 0 Å². The van der Waals surface area contributed by atoms with Crippen LogP contribution in [0.5, 0.6) is 0 Å². The first kappa shape index (κ1) is 19.7. The second kappa shape index (κ2) is 10.4. The van der Waals surface area contributed by atoms with Crippen molar-refractivity contribution in [1.29, 1.82) is 0 Å². The van der Waals surface area contributed by atoms with Crippen LogP contribution in [0.1, 0.15) is 36.7 Å². The average molecular weight is 336 g/mol. The Balaban J connectivity index is 0.00000264. The minimum Gasteiger partial charge on any atom is -1.00 e. The van der Waals surface area contributed by atoms with Gasteiger partial charge < -0.3 is 27.6 Å². The summed E-state index contributed by atoms with van der Waals surface area (Å²) in [6, 6.07) is 20.2. The second-order valence-electron chi connectivity index (χ2n) is 5.66. The number of quaternary nitrogens is 1. The molecule has 0 aliphatic heterocycles. The molecule has 0 amide bonds. The summed E-state index contributed by atoms with van der Waals surface area (Å²) in [5.41, 5.74) is 2.17. The van der Waals surface area contributed by atoms with Crippen molar-refractivity contribution < 1.29 is 27.6 Å². The van der Waals surface area contributed by atoms with Gasteiger partial charge in [-0.3, -0.25) is 0 Å². The molecule has 0 aromatic heterocycles. The molecular formula is C19H26ClNO2. The summed E-state index contributed by atoms with van der Waals surface area (Å²) in [6.45, 7) is 2.97. The van der Waals surface area contributed by atoms with Crippen molar-refractivity contribution in [3.05, 3.63) is 71.8 Å². The molecule has 0 bridgehead atoms. The standard InChI is InChI=1S/C19H25NO2.ClH/c1-15(19(21)17-11-7-4-8-12-17)20-14-13-18(22-2)16-9-5-3-6-10-16;/h3-12,15,18-21H,13-14H2,1-2H3;1H. The predicted octanol–water partition coefficient (Wildman–Crippen LogP) is -0.546. The van der Waals surface area contributed by atoms with Gasteiger partial charge >= 0.3 is 0 Å². The lowest BCUT2D eigenvalue weighted by molar-refractivity contribution is -0.695. The zero-order valence-corrected chi connectivity index (χ0v) is 14.5. The first-order valence-corrected chi connectivity index (χ1v) is 7.86. The van der Waals surface area contributed by atoms with Crippen LogP contribution < -0.4 is 17.7 Å². The Hall–Kier alpha value is -1.39. The molecule has 23 heavy (non-hydrogen) atoms. The summed E-state index contributed by atoms with van der Waals surface area (Å²) in [7, 11) is 1.75. The van der Waals surface area contributed by atoms with Crippen molar-refractivity contribution >= 4 is 0 Å². The van der Waals surface area contributed by atoms with Crippen molar-refractivity contribution in [2.75, 3.05) is 13.7 Å². The molecule has 0 aliphatic carbocycles. The van der Waals surface area contributed by atoms with Gasteiger partial charge in [-0.15, -0.1) is 0 Å². The van der Waals surface area contributed by atoms with E-state index in [1.165, 1.54) is 5.56 Å². The summed E-state index contributed by atoms with van der Waals surface area (Å²) in [6.07, 6.45) is 0.587. The Kier molecular flexibility index (Phi) is 8.89. The van der Waals surface area contributed by atoms with E-state index in [4.69, 9.17) is 4.74 Å². The fourth-order valence-electron chi connectivity index (χ4n) is 2.68. The largest absolute Gasteiger partial charge is 1.00 e. The third kappa shape index (κ3) is 5.96. The Bertz CT molecular complexity index is 536. The van der Waals surface area contributed by atoms with E-state index in [1.807, 2.05) is 48.5 Å². The fraction of sp³-hybridized carbons (Fsp3) is 0.368. The highest BCUT2D eigenvalue weighted by Crippen LogP contribution is 2.19. The van der Waals surface area contributed by atoms with Crippen LogP contribution in [0.25, 0.3) is 0 Å². The molecule has 3 unspecified atom stereocenters. The monoisotopic (exact) mass is 335 g/mol. The van der Waals surface area contributed by atoms with E-state index in [9.17, 15) is 5.11 Å². The smallest absolute Gasteiger partial charge is 0.130 e. The van der Waals surface area contributed by atoms with Gasteiger partial charge in [0.2, 0.25) is 0 Å². The lowest BCUT2D eigenvalue weighted by Gasteiger charge is -2.20. The first-order valence-electron chi connectivity index (χ1n) is 7.86. The predicted molar refractivity (Wildman–Crippen MR) is 88.5 cm³/mol. The third-order valence-corrected chi connectivity index (χ3v) is 4.06. The van der Waals surface area contributed by atoms with E-state index in [0.717, 1.165) is 18.5 Å². The number of rotatable bonds is 8. The number of ether oxygens (including phenoxy) is 1. The molecule has 0 heterocycles. The molecule has 3 nitrogen and oxygen atoms in total. The van der Waals surface area contributed by atoms with Crippen LogP contribution in [0.15, 0.2) is 60.7 Å². The third-order valence-electron chi connectivity index (χ3n) is 4.06. The van der Waals surface area contributed by atoms with Crippen molar-refractivity contribution in [3.8, 4) is 0 Å². The van der Waals surface area contributed by atoms with Crippen molar-refractivity contribution in [1.82, 2.24) is 0 Å². The van der Waals surface area contributed by atoms with Crippen molar-refractivity contribution in [2.24, 2.45) is 0 Å². The van der Waals surface area contributed by atoms with E-state index in [1.54, 1.807) is 7.11 Å². The van der Waals surface area contributed by atoms with Crippen LogP contribution in [-0.4, -0.2) is 24.8 Å². The number of aliphatic hydroxyl groups is 1. The molecule has 2 aromatic carbocycles. The van der Waals surface area contributed by atoms with Crippen LogP contribution in [-0.2, 0) is 4.74 Å². The lowest BCUT2D eigenvalue weighted by atomic mass is 10.0. The average Bonchev–Trinajstić information content (AvgIpc) is 2.59. The summed E-state index contributed by atoms with van der Waals surface area (Å²) in [4.78, 5) is 0. The Labute approximate surface area is 145 Å². The van der Waals surface area contributed by atoms with E-state index in [-0.39, 0.29) is 24.6 Å². The molecule has 4 heteroatoms. The maximum atomic E-state index is 10.4. The number of halogens is 1. The van der Waals surface area contributed by atoms with E-state index in [0.29, 0.717) is 0 Å². The summed E-state index contributed by atoms with van der Waals surface area (Å²) >= 11 is 0. The van der Waals surface area contributed by atoms with Crippen molar-refractivity contribution in [2.45, 2.75) is 31.6 Å². The van der Waals surface area contributed by atoms with Gasteiger partial charge in [-0.1, -0.05) is 60.7 Å². The maximum absolute atomic E-state index is 10.4. The second-order valence-corrected chi connectivity index (χ2v) is 5.66. The molecule has 2 aromatic rings. The number of hydrogen-bond donors (Lipinski definition) is 2. The molecule has 3 atom stereocenters. The van der Waals surface area contributed by atoms with Crippen LogP contribution in [0.4, 0.5) is 0 Å². The summed E-state index contributed by atoms with van der Waals surface area (Å²) in [5, 5.41) is 12.6. The van der Waals surface area contributed by atoms with Crippen LogP contribution in [0, 0.1) is 0 Å². The highest BCUT2D eigenvalue weighted by atomic mass is 35.5. The number of aliphatic hydroxyl groups excluding tert-OH is 1. The van der Waals surface area contributed by atoms with E-state index >= 15 is 0 Å². The molecule has 3 N–H and O–H groups in total. The molecule has 0 fully saturated rings. The number of methoxy groups -OCH3 is 1. The zero-order valence-electron chi connectivity index (χ0n) is 13.7. The lowest BCUT2D eigenvalue weighted by Crippen LogP contribution is -3.00. The first-order chi connectivity index (χ1) is 10.7. The Morgan fingerprint density at radius 3 is 2.00 bits per heavy atom. The van der Waals surface area contributed by atoms with Gasteiger partial charge in [0.1, 0.15) is 12.1 Å². The molecule has 0 saturated heterocycles. The van der Waals surface area contributed by atoms with E-state index < -0.39 is 6.10 Å². The van der Waals surface area contributed by atoms with Crippen LogP contribution in [0.2, 0.25) is 0 Å². The fourth-order valence-corrected chi connectivity index (χ4v) is 2.68. The number of benzene rings is 2. The minimum atomic E-state index is -0.445. The van der Waals surface area contributed by atoms with Crippen LogP contribution in [0.3, 0.4) is 0 Å². The molecule has 0 saturated carbocycles. The number of hydrogen-bond acceptors (Lipinski definition) is 2. The topological polar surface area (TPSA) is 46.1 Å². The highest BCUT2D eigenvalue weighted by Gasteiger charge is 2.19. The van der Waals surface area contributed by atoms with Gasteiger partial charge in [-0.05, 0) is 18.1 Å². The van der Waals surface area contributed by atoms with Gasteiger partial charge in [0.25, 0.3) is 0 Å². The van der Waals surface area contributed by atoms with Gasteiger partial charge in [-0.25, -0.2) is 0 Å². The van der Waals surface area contributed by atoms with Gasteiger partial charge in [-0.2, -0.15) is 0 Å². The molecule has 0 spiro atoms. The highest BCUT2D eigenvalue weighted by molar-refractivity contribution is 5.18. The Morgan fingerprint density at radius 1 is 0.957 bits per heavy atom.